The van der Waals surface area contributed by atoms with Crippen LogP contribution >= 0.6 is 12.4 Å². The maximum Gasteiger partial charge on any atom is 0.220 e. The highest BCUT2D eigenvalue weighted by Gasteiger charge is 2.05. The van der Waals surface area contributed by atoms with E-state index in [-0.39, 0.29) is 24.1 Å². The zero-order chi connectivity index (χ0) is 12.7. The van der Waals surface area contributed by atoms with Crippen LogP contribution in [0.15, 0.2) is 18.2 Å². The van der Waals surface area contributed by atoms with Crippen molar-refractivity contribution >= 4 is 18.3 Å². The topological polar surface area (TPSA) is 64.3 Å². The zero-order valence-electron chi connectivity index (χ0n) is 10.2. The molecule has 0 heterocycles. The van der Waals surface area contributed by atoms with Crippen molar-refractivity contribution in [3.8, 4) is 5.75 Å². The van der Waals surface area contributed by atoms with Crippen LogP contribution < -0.4 is 15.8 Å². The number of methoxy groups -OCH3 is 1. The highest BCUT2D eigenvalue weighted by Crippen LogP contribution is 2.17. The predicted octanol–water partition coefficient (Wildman–Crippen LogP) is 1.61. The Balaban J connectivity index is 0.00000289. The molecule has 1 rings (SSSR count). The maximum atomic E-state index is 13.3. The summed E-state index contributed by atoms with van der Waals surface area (Å²) >= 11 is 0. The van der Waals surface area contributed by atoms with Crippen molar-refractivity contribution in [1.29, 1.82) is 0 Å². The third kappa shape index (κ3) is 5.33. The summed E-state index contributed by atoms with van der Waals surface area (Å²) < 4.78 is 18.1. The minimum absolute atomic E-state index is 0. The fraction of sp³-hybridized carbons (Fsp3) is 0.417. The van der Waals surface area contributed by atoms with E-state index in [1.165, 1.54) is 19.2 Å². The summed E-state index contributed by atoms with van der Waals surface area (Å²) in [5, 5.41) is 2.70. The molecule has 1 aromatic carbocycles. The molecule has 0 atom stereocenters. The van der Waals surface area contributed by atoms with Crippen LogP contribution in [0.4, 0.5) is 4.39 Å². The maximum absolute atomic E-state index is 13.3. The number of hydrogen-bond acceptors (Lipinski definition) is 3. The van der Waals surface area contributed by atoms with Gasteiger partial charge in [-0.05, 0) is 30.7 Å². The lowest BCUT2D eigenvalue weighted by atomic mass is 10.2. The van der Waals surface area contributed by atoms with Gasteiger partial charge in [0.25, 0.3) is 0 Å². The summed E-state index contributed by atoms with van der Waals surface area (Å²) in [6.07, 6.45) is 1.05. The number of benzene rings is 1. The van der Waals surface area contributed by atoms with Crippen molar-refractivity contribution < 1.29 is 13.9 Å². The molecule has 0 unspecified atom stereocenters. The van der Waals surface area contributed by atoms with Gasteiger partial charge in [-0.1, -0.05) is 6.07 Å². The van der Waals surface area contributed by atoms with Crippen molar-refractivity contribution in [3.63, 3.8) is 0 Å². The molecule has 0 aliphatic rings. The molecule has 0 saturated heterocycles. The first-order valence-electron chi connectivity index (χ1n) is 5.46. The van der Waals surface area contributed by atoms with Crippen molar-refractivity contribution in [2.75, 3.05) is 13.7 Å². The number of amides is 1. The first-order chi connectivity index (χ1) is 8.17. The largest absolute Gasteiger partial charge is 0.494 e. The monoisotopic (exact) mass is 276 g/mol. The van der Waals surface area contributed by atoms with Gasteiger partial charge in [-0.3, -0.25) is 4.79 Å². The van der Waals surface area contributed by atoms with Gasteiger partial charge in [0.05, 0.1) is 7.11 Å². The van der Waals surface area contributed by atoms with Crippen LogP contribution in [-0.2, 0) is 11.3 Å². The molecular formula is C12H18ClFN2O2. The highest BCUT2D eigenvalue weighted by atomic mass is 35.5. The summed E-state index contributed by atoms with van der Waals surface area (Å²) in [5.41, 5.74) is 5.99. The number of rotatable bonds is 6. The van der Waals surface area contributed by atoms with E-state index in [9.17, 15) is 9.18 Å². The van der Waals surface area contributed by atoms with Crippen LogP contribution in [0.5, 0.6) is 5.75 Å². The molecule has 1 aromatic rings. The van der Waals surface area contributed by atoms with Crippen LogP contribution in [0.25, 0.3) is 0 Å². The van der Waals surface area contributed by atoms with Gasteiger partial charge in [-0.2, -0.15) is 0 Å². The number of ether oxygens (including phenoxy) is 1. The molecule has 0 aromatic heterocycles. The molecule has 18 heavy (non-hydrogen) atoms. The fourth-order valence-electron chi connectivity index (χ4n) is 1.37. The molecular weight excluding hydrogens is 259 g/mol. The molecule has 0 fully saturated rings. The second kappa shape index (κ2) is 8.72. The SMILES string of the molecule is COc1ccc(CNC(=O)CCCN)cc1F.Cl. The fourth-order valence-corrected chi connectivity index (χ4v) is 1.37. The lowest BCUT2D eigenvalue weighted by molar-refractivity contribution is -0.121. The van der Waals surface area contributed by atoms with Gasteiger partial charge < -0.3 is 15.8 Å². The van der Waals surface area contributed by atoms with Gasteiger partial charge in [0, 0.05) is 13.0 Å². The van der Waals surface area contributed by atoms with Crippen molar-refractivity contribution in [2.24, 2.45) is 5.73 Å². The molecule has 0 spiro atoms. The summed E-state index contributed by atoms with van der Waals surface area (Å²) in [4.78, 5) is 11.3. The van der Waals surface area contributed by atoms with Gasteiger partial charge in [0.1, 0.15) is 0 Å². The Morgan fingerprint density at radius 2 is 2.22 bits per heavy atom. The van der Waals surface area contributed by atoms with E-state index in [1.54, 1.807) is 6.07 Å². The van der Waals surface area contributed by atoms with Crippen LogP contribution in [-0.4, -0.2) is 19.6 Å². The Kier molecular flexibility index (Phi) is 8.07. The second-order valence-electron chi connectivity index (χ2n) is 3.64. The normalized spacial score (nSPS) is 9.50. The minimum Gasteiger partial charge on any atom is -0.494 e. The van der Waals surface area contributed by atoms with Gasteiger partial charge in [0.2, 0.25) is 5.91 Å². The van der Waals surface area contributed by atoms with E-state index >= 15 is 0 Å². The molecule has 0 aliphatic heterocycles. The van der Waals surface area contributed by atoms with Crippen LogP contribution in [0.3, 0.4) is 0 Å². The Bertz CT molecular complexity index is 388. The lowest BCUT2D eigenvalue weighted by Crippen LogP contribution is -2.23. The molecule has 1 amide bonds. The molecule has 4 nitrogen and oxygen atoms in total. The number of halogens is 2. The van der Waals surface area contributed by atoms with Gasteiger partial charge in [0.15, 0.2) is 11.6 Å². The average molecular weight is 277 g/mol. The third-order valence-corrected chi connectivity index (χ3v) is 2.31. The van der Waals surface area contributed by atoms with Gasteiger partial charge in [-0.25, -0.2) is 4.39 Å². The molecule has 0 bridgehead atoms. The number of carbonyl (C=O) groups is 1. The molecule has 3 N–H and O–H groups in total. The summed E-state index contributed by atoms with van der Waals surface area (Å²) in [7, 11) is 1.41. The van der Waals surface area contributed by atoms with Crippen LogP contribution in [0.2, 0.25) is 0 Å². The van der Waals surface area contributed by atoms with Crippen molar-refractivity contribution in [1.82, 2.24) is 5.32 Å². The van der Waals surface area contributed by atoms with Gasteiger partial charge in [-0.15, -0.1) is 12.4 Å². The molecule has 0 radical (unpaired) electrons. The molecule has 102 valence electrons. The van der Waals surface area contributed by atoms with E-state index in [2.05, 4.69) is 5.32 Å². The van der Waals surface area contributed by atoms with Crippen LogP contribution in [0, 0.1) is 5.82 Å². The number of carbonyl (C=O) groups excluding carboxylic acids is 1. The van der Waals surface area contributed by atoms with E-state index < -0.39 is 5.82 Å². The second-order valence-corrected chi connectivity index (χ2v) is 3.64. The Hall–Kier alpha value is -1.33. The highest BCUT2D eigenvalue weighted by molar-refractivity contribution is 5.85. The smallest absolute Gasteiger partial charge is 0.220 e. The Morgan fingerprint density at radius 1 is 1.50 bits per heavy atom. The summed E-state index contributed by atoms with van der Waals surface area (Å²) in [6, 6.07) is 4.60. The van der Waals surface area contributed by atoms with E-state index in [1.807, 2.05) is 0 Å². The lowest BCUT2D eigenvalue weighted by Gasteiger charge is -2.07. The number of nitrogens with one attached hydrogen (secondary N) is 1. The Labute approximate surface area is 112 Å². The van der Waals surface area contributed by atoms with Crippen molar-refractivity contribution in [3.05, 3.63) is 29.6 Å². The average Bonchev–Trinajstić information content (AvgIpc) is 2.34. The quantitative estimate of drug-likeness (QED) is 0.830. The minimum atomic E-state index is -0.429. The first-order valence-corrected chi connectivity index (χ1v) is 5.46. The van der Waals surface area contributed by atoms with Crippen molar-refractivity contribution in [2.45, 2.75) is 19.4 Å². The van der Waals surface area contributed by atoms with E-state index in [0.29, 0.717) is 31.5 Å². The predicted molar refractivity (Wildman–Crippen MR) is 70.3 cm³/mol. The standard InChI is InChI=1S/C12H17FN2O2.ClH/c1-17-11-5-4-9(7-10(11)13)8-15-12(16)3-2-6-14;/h4-5,7H,2-3,6,8,14H2,1H3,(H,15,16);1H. The van der Waals surface area contributed by atoms with Gasteiger partial charge >= 0.3 is 0 Å². The third-order valence-electron chi connectivity index (χ3n) is 2.31. The van der Waals surface area contributed by atoms with E-state index in [4.69, 9.17) is 10.5 Å². The molecule has 6 heteroatoms. The van der Waals surface area contributed by atoms with E-state index in [0.717, 1.165) is 0 Å². The summed E-state index contributed by atoms with van der Waals surface area (Å²) in [6.45, 7) is 0.800. The first kappa shape index (κ1) is 16.7. The molecule has 0 saturated carbocycles. The number of hydrogen-bond donors (Lipinski definition) is 2. The number of nitrogens with two attached hydrogens (primary N) is 1. The summed E-state index contributed by atoms with van der Waals surface area (Å²) in [5.74, 6) is -0.309. The molecule has 0 aliphatic carbocycles. The van der Waals surface area contributed by atoms with Crippen LogP contribution in [0.1, 0.15) is 18.4 Å². The Morgan fingerprint density at radius 3 is 2.78 bits per heavy atom. The zero-order valence-corrected chi connectivity index (χ0v) is 11.1.